The summed E-state index contributed by atoms with van der Waals surface area (Å²) in [5.74, 6) is -1.87. The summed E-state index contributed by atoms with van der Waals surface area (Å²) in [7, 11) is 2.38. The van der Waals surface area contributed by atoms with Crippen LogP contribution in [0.3, 0.4) is 0 Å². The summed E-state index contributed by atoms with van der Waals surface area (Å²) in [5.41, 5.74) is 3.31. The number of amides is 1. The number of ether oxygens (including phenoxy) is 2. The second-order valence-corrected chi connectivity index (χ2v) is 6.00. The zero-order chi connectivity index (χ0) is 20.7. The molecule has 2 N–H and O–H groups in total. The number of nitrogens with one attached hydrogen (secondary N) is 2. The summed E-state index contributed by atoms with van der Waals surface area (Å²) >= 11 is 0. The van der Waals surface area contributed by atoms with E-state index in [1.807, 2.05) is 32.0 Å². The van der Waals surface area contributed by atoms with Crippen LogP contribution < -0.4 is 10.6 Å². The highest BCUT2D eigenvalue weighted by Crippen LogP contribution is 2.21. The molecule has 28 heavy (non-hydrogen) atoms. The molecule has 0 fully saturated rings. The largest absolute Gasteiger partial charge is 0.466 e. The predicted molar refractivity (Wildman–Crippen MR) is 106 cm³/mol. The van der Waals surface area contributed by atoms with Gasteiger partial charge in [0.2, 0.25) is 0 Å². The van der Waals surface area contributed by atoms with E-state index in [-0.39, 0.29) is 11.6 Å². The highest BCUT2D eigenvalue weighted by molar-refractivity contribution is 6.09. The number of benzene rings is 2. The van der Waals surface area contributed by atoms with Gasteiger partial charge in [-0.1, -0.05) is 18.2 Å². The van der Waals surface area contributed by atoms with Crippen molar-refractivity contribution in [3.8, 4) is 0 Å². The fraction of sp³-hybridized carbons (Fsp3) is 0.190. The number of hydrogen-bond donors (Lipinski definition) is 2. The Labute approximate surface area is 163 Å². The molecule has 0 aliphatic rings. The molecule has 2 rings (SSSR count). The zero-order valence-corrected chi connectivity index (χ0v) is 16.2. The van der Waals surface area contributed by atoms with Crippen LogP contribution in [0.2, 0.25) is 0 Å². The quantitative estimate of drug-likeness (QED) is 0.589. The Hall–Kier alpha value is -3.61. The Bertz CT molecular complexity index is 934. The molecule has 146 valence electrons. The molecular weight excluding hydrogens is 360 g/mol. The van der Waals surface area contributed by atoms with Crippen LogP contribution in [0.15, 0.2) is 54.2 Å². The Morgan fingerprint density at radius 1 is 0.893 bits per heavy atom. The summed E-state index contributed by atoms with van der Waals surface area (Å²) in [6, 6.07) is 12.2. The van der Waals surface area contributed by atoms with Crippen LogP contribution in [0.4, 0.5) is 11.4 Å². The second-order valence-electron chi connectivity index (χ2n) is 6.00. The molecule has 0 aliphatic carbocycles. The molecule has 0 radical (unpaired) electrons. The average molecular weight is 382 g/mol. The van der Waals surface area contributed by atoms with Gasteiger partial charge in [-0.25, -0.2) is 9.59 Å². The van der Waals surface area contributed by atoms with E-state index in [2.05, 4.69) is 20.1 Å². The third kappa shape index (κ3) is 5.20. The fourth-order valence-corrected chi connectivity index (χ4v) is 2.39. The standard InChI is InChI=1S/C21H22N2O5/c1-13-9-10-15(11-14(13)2)22-20(25)16-7-5-6-8-17(16)23-18(21(26)28-4)12-19(24)27-3/h5-12,23H,1-4H3,(H,22,25)/b18-12+. The van der Waals surface area contributed by atoms with Crippen LogP contribution in [-0.4, -0.2) is 32.1 Å². The summed E-state index contributed by atoms with van der Waals surface area (Å²) in [6.45, 7) is 3.95. The van der Waals surface area contributed by atoms with Crippen LogP contribution in [-0.2, 0) is 19.1 Å². The summed E-state index contributed by atoms with van der Waals surface area (Å²) in [5, 5.41) is 5.60. The van der Waals surface area contributed by atoms with Crippen LogP contribution in [0.25, 0.3) is 0 Å². The molecule has 0 bridgehead atoms. The Morgan fingerprint density at radius 2 is 1.61 bits per heavy atom. The first-order valence-electron chi connectivity index (χ1n) is 8.48. The normalized spacial score (nSPS) is 10.8. The lowest BCUT2D eigenvalue weighted by Gasteiger charge is -2.14. The fourth-order valence-electron chi connectivity index (χ4n) is 2.39. The predicted octanol–water partition coefficient (Wildman–Crippen LogP) is 3.20. The minimum atomic E-state index is -0.769. The second kappa shape index (κ2) is 9.36. The van der Waals surface area contributed by atoms with E-state index in [1.54, 1.807) is 24.3 Å². The van der Waals surface area contributed by atoms with Crippen molar-refractivity contribution in [2.24, 2.45) is 0 Å². The van der Waals surface area contributed by atoms with Crippen LogP contribution in [0, 0.1) is 13.8 Å². The number of esters is 2. The van der Waals surface area contributed by atoms with Crippen molar-refractivity contribution in [1.29, 1.82) is 0 Å². The van der Waals surface area contributed by atoms with E-state index in [4.69, 9.17) is 0 Å². The highest BCUT2D eigenvalue weighted by Gasteiger charge is 2.17. The van der Waals surface area contributed by atoms with Crippen molar-refractivity contribution in [1.82, 2.24) is 0 Å². The van der Waals surface area contributed by atoms with Gasteiger partial charge in [-0.3, -0.25) is 4.79 Å². The van der Waals surface area contributed by atoms with Crippen LogP contribution in [0.5, 0.6) is 0 Å². The molecule has 0 unspecified atom stereocenters. The van der Waals surface area contributed by atoms with Gasteiger partial charge in [0.05, 0.1) is 31.5 Å². The Balaban J connectivity index is 2.31. The van der Waals surface area contributed by atoms with E-state index in [1.165, 1.54) is 14.2 Å². The molecule has 0 saturated carbocycles. The maximum Gasteiger partial charge on any atom is 0.354 e. The molecule has 2 aromatic rings. The molecule has 0 spiro atoms. The van der Waals surface area contributed by atoms with Gasteiger partial charge in [0.1, 0.15) is 5.70 Å². The SMILES string of the molecule is COC(=O)/C=C(/Nc1ccccc1C(=O)Nc1ccc(C)c(C)c1)C(=O)OC. The monoisotopic (exact) mass is 382 g/mol. The summed E-state index contributed by atoms with van der Waals surface area (Å²) < 4.78 is 9.22. The van der Waals surface area contributed by atoms with Gasteiger partial charge in [-0.05, 0) is 49.2 Å². The number of para-hydroxylation sites is 1. The molecular formula is C21H22N2O5. The summed E-state index contributed by atoms with van der Waals surface area (Å²) in [4.78, 5) is 36.2. The number of methoxy groups -OCH3 is 2. The first kappa shape index (κ1) is 20.7. The molecule has 0 aliphatic heterocycles. The molecule has 7 heteroatoms. The number of aryl methyl sites for hydroxylation is 2. The smallest absolute Gasteiger partial charge is 0.354 e. The first-order valence-corrected chi connectivity index (χ1v) is 8.48. The van der Waals surface area contributed by atoms with Crippen LogP contribution in [0.1, 0.15) is 21.5 Å². The van der Waals surface area contributed by atoms with Gasteiger partial charge in [0.15, 0.2) is 0 Å². The van der Waals surface area contributed by atoms with Crippen LogP contribution >= 0.6 is 0 Å². The van der Waals surface area contributed by atoms with Gasteiger partial charge in [-0.2, -0.15) is 0 Å². The lowest BCUT2D eigenvalue weighted by molar-refractivity contribution is -0.138. The van der Waals surface area contributed by atoms with Crippen molar-refractivity contribution < 1.29 is 23.9 Å². The van der Waals surface area contributed by atoms with E-state index < -0.39 is 11.9 Å². The van der Waals surface area contributed by atoms with Crippen molar-refractivity contribution in [3.63, 3.8) is 0 Å². The minimum absolute atomic E-state index is 0.152. The van der Waals surface area contributed by atoms with Gasteiger partial charge < -0.3 is 20.1 Å². The highest BCUT2D eigenvalue weighted by atomic mass is 16.5. The maximum absolute atomic E-state index is 12.8. The van der Waals surface area contributed by atoms with Crippen molar-refractivity contribution in [2.45, 2.75) is 13.8 Å². The average Bonchev–Trinajstić information content (AvgIpc) is 2.69. The van der Waals surface area contributed by atoms with Gasteiger partial charge in [0.25, 0.3) is 5.91 Å². The molecule has 0 atom stereocenters. The van der Waals surface area contributed by atoms with Crippen molar-refractivity contribution >= 4 is 29.2 Å². The van der Waals surface area contributed by atoms with E-state index >= 15 is 0 Å². The molecule has 0 saturated heterocycles. The minimum Gasteiger partial charge on any atom is -0.466 e. The lowest BCUT2D eigenvalue weighted by Crippen LogP contribution is -2.19. The first-order chi connectivity index (χ1) is 13.3. The number of hydrogen-bond acceptors (Lipinski definition) is 6. The third-order valence-corrected chi connectivity index (χ3v) is 4.07. The number of carbonyl (C=O) groups excluding carboxylic acids is 3. The number of carbonyl (C=O) groups is 3. The van der Waals surface area contributed by atoms with Crippen molar-refractivity contribution in [2.75, 3.05) is 24.9 Å². The Kier molecular flexibility index (Phi) is 6.92. The number of rotatable bonds is 6. The van der Waals surface area contributed by atoms with Gasteiger partial charge >= 0.3 is 11.9 Å². The molecule has 0 heterocycles. The molecule has 7 nitrogen and oxygen atoms in total. The maximum atomic E-state index is 12.8. The molecule has 2 aromatic carbocycles. The van der Waals surface area contributed by atoms with E-state index in [0.717, 1.165) is 17.2 Å². The lowest BCUT2D eigenvalue weighted by atomic mass is 10.1. The molecule has 0 aromatic heterocycles. The van der Waals surface area contributed by atoms with Gasteiger partial charge in [0, 0.05) is 5.69 Å². The van der Waals surface area contributed by atoms with E-state index in [0.29, 0.717) is 16.9 Å². The van der Waals surface area contributed by atoms with Gasteiger partial charge in [-0.15, -0.1) is 0 Å². The third-order valence-electron chi connectivity index (χ3n) is 4.07. The Morgan fingerprint density at radius 3 is 2.25 bits per heavy atom. The summed E-state index contributed by atoms with van der Waals surface area (Å²) in [6.07, 6.45) is 0.962. The number of anilines is 2. The zero-order valence-electron chi connectivity index (χ0n) is 16.2. The molecule has 1 amide bonds. The topological polar surface area (TPSA) is 93.7 Å². The van der Waals surface area contributed by atoms with E-state index in [9.17, 15) is 14.4 Å². The van der Waals surface area contributed by atoms with Crippen molar-refractivity contribution in [3.05, 3.63) is 70.9 Å².